The third-order valence-electron chi connectivity index (χ3n) is 5.14. The average molecular weight is 397 g/mol. The summed E-state index contributed by atoms with van der Waals surface area (Å²) in [6.45, 7) is 0. The Balaban J connectivity index is 1.79. The second-order valence-electron chi connectivity index (χ2n) is 6.60. The third-order valence-corrected chi connectivity index (χ3v) is 5.14. The van der Waals surface area contributed by atoms with Crippen LogP contribution < -0.4 is 24.3 Å². The number of nitrogens with zero attached hydrogens (tertiary/aromatic N) is 4. The van der Waals surface area contributed by atoms with Gasteiger partial charge in [-0.2, -0.15) is 0 Å². The Morgan fingerprint density at radius 2 is 1.79 bits per heavy atom. The van der Waals surface area contributed by atoms with Gasteiger partial charge < -0.3 is 24.3 Å². The highest BCUT2D eigenvalue weighted by atomic mass is 16.5. The summed E-state index contributed by atoms with van der Waals surface area (Å²) in [5, 5.41) is 15.6. The monoisotopic (exact) mass is 397 g/mol. The molecule has 2 atom stereocenters. The highest BCUT2D eigenvalue weighted by Gasteiger charge is 2.34. The van der Waals surface area contributed by atoms with Crippen LogP contribution in [0.3, 0.4) is 0 Å². The number of aromatic nitrogens is 4. The Morgan fingerprint density at radius 1 is 0.966 bits per heavy atom. The van der Waals surface area contributed by atoms with Crippen LogP contribution in [0.25, 0.3) is 0 Å². The number of anilines is 1. The molecule has 2 heterocycles. The van der Waals surface area contributed by atoms with Gasteiger partial charge in [0.2, 0.25) is 11.7 Å². The first kappa shape index (κ1) is 18.9. The predicted molar refractivity (Wildman–Crippen MR) is 106 cm³/mol. The van der Waals surface area contributed by atoms with E-state index in [2.05, 4.69) is 26.9 Å². The number of nitrogens with one attached hydrogen (secondary N) is 1. The molecule has 2 aromatic carbocycles. The number of tetrazole rings is 1. The number of ether oxygens (including phenoxy) is 4. The lowest BCUT2D eigenvalue weighted by molar-refractivity contribution is 0.315. The quantitative estimate of drug-likeness (QED) is 0.679. The summed E-state index contributed by atoms with van der Waals surface area (Å²) in [6.07, 6.45) is 0.705. The highest BCUT2D eigenvalue weighted by Crippen LogP contribution is 2.46. The van der Waals surface area contributed by atoms with Gasteiger partial charge in [-0.15, -0.1) is 0 Å². The Labute approximate surface area is 168 Å². The molecule has 1 aromatic heterocycles. The van der Waals surface area contributed by atoms with Crippen LogP contribution in [0.1, 0.15) is 29.6 Å². The molecule has 1 aliphatic heterocycles. The van der Waals surface area contributed by atoms with E-state index in [1.165, 1.54) is 0 Å². The second-order valence-corrected chi connectivity index (χ2v) is 6.60. The van der Waals surface area contributed by atoms with Crippen molar-refractivity contribution in [3.8, 4) is 23.0 Å². The van der Waals surface area contributed by atoms with E-state index in [1.807, 2.05) is 30.3 Å². The minimum absolute atomic E-state index is 0.00796. The van der Waals surface area contributed by atoms with Gasteiger partial charge in [-0.05, 0) is 46.7 Å². The Morgan fingerprint density at radius 3 is 2.52 bits per heavy atom. The molecule has 0 radical (unpaired) electrons. The number of fused-ring (bicyclic) bond motifs is 1. The van der Waals surface area contributed by atoms with Crippen LogP contribution in [-0.4, -0.2) is 48.6 Å². The standard InChI is InChI=1S/C20H23N5O4/c1-26-13-7-5-6-12(10-13)15-11-16(25-20(21-15)22-23-24-25)14-8-9-17(27-2)19(29-4)18(14)28-3/h5-10,15-16H,11H2,1-4H3,(H,21,22,24). The van der Waals surface area contributed by atoms with E-state index in [0.29, 0.717) is 29.6 Å². The molecule has 1 aliphatic rings. The highest BCUT2D eigenvalue weighted by molar-refractivity contribution is 5.57. The van der Waals surface area contributed by atoms with Gasteiger partial charge in [0.1, 0.15) is 5.75 Å². The lowest BCUT2D eigenvalue weighted by Crippen LogP contribution is -2.28. The van der Waals surface area contributed by atoms with Crippen LogP contribution in [0.15, 0.2) is 36.4 Å². The molecule has 9 heteroatoms. The maximum atomic E-state index is 5.70. The smallest absolute Gasteiger partial charge is 0.243 e. The summed E-state index contributed by atoms with van der Waals surface area (Å²) in [4.78, 5) is 0. The average Bonchev–Trinajstić information content (AvgIpc) is 3.26. The van der Waals surface area contributed by atoms with Crippen LogP contribution in [0, 0.1) is 0 Å². The Kier molecular flexibility index (Phi) is 5.11. The Hall–Kier alpha value is -3.49. The van der Waals surface area contributed by atoms with E-state index in [4.69, 9.17) is 18.9 Å². The maximum absolute atomic E-state index is 5.70. The Bertz CT molecular complexity index is 1010. The number of methoxy groups -OCH3 is 4. The summed E-state index contributed by atoms with van der Waals surface area (Å²) >= 11 is 0. The van der Waals surface area contributed by atoms with E-state index in [-0.39, 0.29) is 12.1 Å². The fraction of sp³-hybridized carbons (Fsp3) is 0.350. The van der Waals surface area contributed by atoms with E-state index in [0.717, 1.165) is 16.9 Å². The molecule has 4 rings (SSSR count). The third kappa shape index (κ3) is 3.28. The van der Waals surface area contributed by atoms with Crippen molar-refractivity contribution in [2.24, 2.45) is 0 Å². The van der Waals surface area contributed by atoms with E-state index in [1.54, 1.807) is 33.1 Å². The first-order valence-corrected chi connectivity index (χ1v) is 9.17. The number of benzene rings is 2. The molecule has 9 nitrogen and oxygen atoms in total. The minimum Gasteiger partial charge on any atom is -0.497 e. The van der Waals surface area contributed by atoms with Crippen molar-refractivity contribution in [3.63, 3.8) is 0 Å². The fourth-order valence-electron chi connectivity index (χ4n) is 3.76. The van der Waals surface area contributed by atoms with Crippen LogP contribution in [0.5, 0.6) is 23.0 Å². The van der Waals surface area contributed by atoms with Crippen molar-refractivity contribution in [2.75, 3.05) is 33.8 Å². The molecule has 0 bridgehead atoms. The van der Waals surface area contributed by atoms with Crippen LogP contribution in [0.4, 0.5) is 5.95 Å². The van der Waals surface area contributed by atoms with Gasteiger partial charge in [0.15, 0.2) is 11.5 Å². The fourth-order valence-corrected chi connectivity index (χ4v) is 3.76. The summed E-state index contributed by atoms with van der Waals surface area (Å²) < 4.78 is 23.8. The molecule has 0 amide bonds. The van der Waals surface area contributed by atoms with Crippen LogP contribution in [-0.2, 0) is 0 Å². The second kappa shape index (κ2) is 7.86. The van der Waals surface area contributed by atoms with Crippen molar-refractivity contribution in [1.29, 1.82) is 0 Å². The zero-order chi connectivity index (χ0) is 20.4. The molecule has 152 valence electrons. The van der Waals surface area contributed by atoms with E-state index in [9.17, 15) is 0 Å². The molecule has 29 heavy (non-hydrogen) atoms. The molecule has 0 fully saturated rings. The zero-order valence-electron chi connectivity index (χ0n) is 16.7. The van der Waals surface area contributed by atoms with Gasteiger partial charge in [-0.25, -0.2) is 4.68 Å². The number of hydrogen-bond donors (Lipinski definition) is 1. The molecular formula is C20H23N5O4. The van der Waals surface area contributed by atoms with Crippen molar-refractivity contribution >= 4 is 5.95 Å². The van der Waals surface area contributed by atoms with Crippen LogP contribution >= 0.6 is 0 Å². The van der Waals surface area contributed by atoms with Gasteiger partial charge in [0.05, 0.1) is 40.5 Å². The van der Waals surface area contributed by atoms with Gasteiger partial charge in [-0.3, -0.25) is 0 Å². The van der Waals surface area contributed by atoms with Gasteiger partial charge >= 0.3 is 0 Å². The SMILES string of the molecule is COc1cccc(C2CC(c3ccc(OC)c(OC)c3OC)n3nnnc3N2)c1. The topological polar surface area (TPSA) is 92.5 Å². The summed E-state index contributed by atoms with van der Waals surface area (Å²) in [5.41, 5.74) is 2.00. The predicted octanol–water partition coefficient (Wildman–Crippen LogP) is 2.85. The largest absolute Gasteiger partial charge is 0.497 e. The van der Waals surface area contributed by atoms with Crippen LogP contribution in [0.2, 0.25) is 0 Å². The van der Waals surface area contributed by atoms with Gasteiger partial charge in [-0.1, -0.05) is 17.2 Å². The number of rotatable bonds is 6. The molecule has 1 N–H and O–H groups in total. The van der Waals surface area contributed by atoms with E-state index < -0.39 is 0 Å². The lowest BCUT2D eigenvalue weighted by atomic mass is 9.92. The lowest BCUT2D eigenvalue weighted by Gasteiger charge is -2.32. The molecule has 0 saturated heterocycles. The van der Waals surface area contributed by atoms with Crippen molar-refractivity contribution < 1.29 is 18.9 Å². The zero-order valence-corrected chi connectivity index (χ0v) is 16.7. The summed E-state index contributed by atoms with van der Waals surface area (Å²) in [5.74, 6) is 3.13. The molecule has 0 spiro atoms. The molecule has 2 unspecified atom stereocenters. The summed E-state index contributed by atoms with van der Waals surface area (Å²) in [7, 11) is 6.46. The van der Waals surface area contributed by atoms with Gasteiger partial charge in [0.25, 0.3) is 0 Å². The molecule has 0 saturated carbocycles. The molecule has 3 aromatic rings. The van der Waals surface area contributed by atoms with Crippen molar-refractivity contribution in [1.82, 2.24) is 20.2 Å². The molecule has 0 aliphatic carbocycles. The van der Waals surface area contributed by atoms with Crippen molar-refractivity contribution in [3.05, 3.63) is 47.5 Å². The van der Waals surface area contributed by atoms with Gasteiger partial charge in [0, 0.05) is 5.56 Å². The number of hydrogen-bond acceptors (Lipinski definition) is 8. The first-order valence-electron chi connectivity index (χ1n) is 9.17. The van der Waals surface area contributed by atoms with E-state index >= 15 is 0 Å². The molecular weight excluding hydrogens is 374 g/mol. The normalized spacial score (nSPS) is 17.8. The summed E-state index contributed by atoms with van der Waals surface area (Å²) in [6, 6.07) is 11.6. The minimum atomic E-state index is -0.160. The first-order chi connectivity index (χ1) is 14.2. The maximum Gasteiger partial charge on any atom is 0.243 e. The van der Waals surface area contributed by atoms with Crippen molar-refractivity contribution in [2.45, 2.75) is 18.5 Å².